The number of rotatable bonds is 8. The van der Waals surface area contributed by atoms with E-state index in [1.54, 1.807) is 24.8 Å². The van der Waals surface area contributed by atoms with E-state index in [0.717, 1.165) is 46.5 Å². The number of oxime groups is 2. The minimum Gasteiger partial charge on any atom is -0.386 e. The van der Waals surface area contributed by atoms with Crippen molar-refractivity contribution in [3.05, 3.63) is 132 Å². The minimum absolute atomic E-state index is 0.260. The molecule has 0 aliphatic carbocycles. The molecule has 4 aromatic carbocycles. The summed E-state index contributed by atoms with van der Waals surface area (Å²) >= 11 is 6.64. The van der Waals surface area contributed by atoms with Gasteiger partial charge < -0.3 is 29.4 Å². The predicted octanol–water partition coefficient (Wildman–Crippen LogP) is 12.0. The fraction of sp³-hybridized carbons (Fsp3) is 0.200. The lowest BCUT2D eigenvalue weighted by Gasteiger charge is -2.16. The molecule has 10 nitrogen and oxygen atoms in total. The van der Waals surface area contributed by atoms with Gasteiger partial charge in [0.15, 0.2) is 12.2 Å². The predicted molar refractivity (Wildman–Crippen MR) is 216 cm³/mol. The highest BCUT2D eigenvalue weighted by Gasteiger charge is 2.32. The maximum Gasteiger partial charge on any atom is 0.416 e. The molecule has 2 aromatic heterocycles. The van der Waals surface area contributed by atoms with Crippen molar-refractivity contribution < 1.29 is 36.0 Å². The van der Waals surface area contributed by atoms with Gasteiger partial charge in [0.1, 0.15) is 9.24 Å². The number of benzene rings is 4. The van der Waals surface area contributed by atoms with Crippen LogP contribution in [0.1, 0.15) is 47.3 Å². The van der Waals surface area contributed by atoms with Crippen LogP contribution >= 0.6 is 31.9 Å². The zero-order valence-corrected chi connectivity index (χ0v) is 33.7. The first kappa shape index (κ1) is 40.6. The van der Waals surface area contributed by atoms with Gasteiger partial charge in [0.25, 0.3) is 0 Å². The van der Waals surface area contributed by atoms with Gasteiger partial charge in [-0.15, -0.1) is 0 Å². The number of anilines is 4. The average Bonchev–Trinajstić information content (AvgIpc) is 4.01. The number of aryl methyl sites for hydroxylation is 2. The van der Waals surface area contributed by atoms with Crippen molar-refractivity contribution in [1.29, 1.82) is 0 Å². The maximum atomic E-state index is 13.1. The van der Waals surface area contributed by atoms with Crippen molar-refractivity contribution in [3.63, 3.8) is 0 Å². The summed E-state index contributed by atoms with van der Waals surface area (Å²) in [5, 5.41) is 14.0. The quantitative estimate of drug-likeness (QED) is 0.147. The number of halogens is 8. The monoisotopic (exact) mass is 928 g/mol. The van der Waals surface area contributed by atoms with Crippen molar-refractivity contribution in [2.45, 2.75) is 37.4 Å². The largest absolute Gasteiger partial charge is 0.416 e. The highest BCUT2D eigenvalue weighted by Crippen LogP contribution is 2.39. The fourth-order valence-corrected chi connectivity index (χ4v) is 6.95. The van der Waals surface area contributed by atoms with Crippen molar-refractivity contribution in [3.8, 4) is 22.5 Å². The molecule has 8 rings (SSSR count). The van der Waals surface area contributed by atoms with E-state index in [0.29, 0.717) is 56.2 Å². The van der Waals surface area contributed by atoms with Gasteiger partial charge >= 0.3 is 12.4 Å². The first-order valence-electron chi connectivity index (χ1n) is 17.5. The summed E-state index contributed by atoms with van der Waals surface area (Å²) in [6.07, 6.45) is -1.14. The first-order chi connectivity index (χ1) is 27.6. The van der Waals surface area contributed by atoms with E-state index < -0.39 is 23.5 Å². The lowest BCUT2D eigenvalue weighted by atomic mass is 10.0. The van der Waals surface area contributed by atoms with Crippen LogP contribution in [0.3, 0.4) is 0 Å². The molecule has 0 saturated heterocycles. The molecule has 4 heterocycles. The minimum atomic E-state index is -4.41. The van der Waals surface area contributed by atoms with Crippen molar-refractivity contribution >= 4 is 63.9 Å². The van der Waals surface area contributed by atoms with Crippen LogP contribution in [0, 0.1) is 0 Å². The molecule has 6 aromatic rings. The maximum absolute atomic E-state index is 13.1. The van der Waals surface area contributed by atoms with Gasteiger partial charge in [-0.25, -0.2) is 9.97 Å². The Balaban J connectivity index is 0.000000177. The topological polar surface area (TPSA) is 103 Å². The number of hydrogen-bond donors (Lipinski definition) is 2. The van der Waals surface area contributed by atoms with Gasteiger partial charge in [0, 0.05) is 73.2 Å². The van der Waals surface area contributed by atoms with Gasteiger partial charge in [0.05, 0.1) is 35.2 Å². The molecule has 0 spiro atoms. The molecule has 0 fully saturated rings. The van der Waals surface area contributed by atoms with E-state index in [9.17, 15) is 26.3 Å². The Morgan fingerprint density at radius 1 is 0.603 bits per heavy atom. The van der Waals surface area contributed by atoms with Crippen LogP contribution in [0.2, 0.25) is 0 Å². The van der Waals surface area contributed by atoms with E-state index in [1.165, 1.54) is 12.1 Å². The van der Waals surface area contributed by atoms with Crippen LogP contribution in [0.15, 0.2) is 120 Å². The highest BCUT2D eigenvalue weighted by atomic mass is 79.9. The highest BCUT2D eigenvalue weighted by molar-refractivity contribution is 9.18. The molecule has 0 unspecified atom stereocenters. The summed E-state index contributed by atoms with van der Waals surface area (Å²) in [5.41, 5.74) is 5.17. The summed E-state index contributed by atoms with van der Waals surface area (Å²) in [4.78, 5) is 19.6. The third-order valence-electron chi connectivity index (χ3n) is 9.00. The van der Waals surface area contributed by atoms with E-state index in [-0.39, 0.29) is 12.2 Å². The van der Waals surface area contributed by atoms with Gasteiger partial charge in [-0.3, -0.25) is 0 Å². The third kappa shape index (κ3) is 9.73. The molecule has 2 N–H and O–H groups in total. The molecule has 18 heteroatoms. The Labute approximate surface area is 344 Å². The normalized spacial score (nSPS) is 16.4. The Morgan fingerprint density at radius 2 is 1.02 bits per heavy atom. The molecule has 0 amide bonds. The third-order valence-corrected chi connectivity index (χ3v) is 9.93. The number of imidazole rings is 2. The molecule has 0 saturated carbocycles. The summed E-state index contributed by atoms with van der Waals surface area (Å²) in [6, 6.07) is 21.5. The molecular weight excluding hydrogens is 898 g/mol. The second kappa shape index (κ2) is 16.7. The van der Waals surface area contributed by atoms with Gasteiger partial charge in [0.2, 0.25) is 0 Å². The average molecular weight is 931 g/mol. The van der Waals surface area contributed by atoms with Gasteiger partial charge in [-0.1, -0.05) is 46.7 Å². The van der Waals surface area contributed by atoms with Crippen LogP contribution in [-0.2, 0) is 36.1 Å². The van der Waals surface area contributed by atoms with Gasteiger partial charge in [-0.05, 0) is 91.5 Å². The smallest absolute Gasteiger partial charge is 0.386 e. The summed E-state index contributed by atoms with van der Waals surface area (Å²) in [7, 11) is 3.71. The standard InChI is InChI=1S/2C20H16BrF3N4O/c2*1-28-10-17(25-11-28)15-6-5-12(18-9-19(21)27-29-18)7-16(15)26-14-4-2-3-13(8-14)20(22,23)24/h2*2-8,10-11,18,26H,9H2,1H3/t2*18-/m10/s1. The lowest BCUT2D eigenvalue weighted by molar-refractivity contribution is -0.138. The molecule has 0 bridgehead atoms. The van der Waals surface area contributed by atoms with Crippen molar-refractivity contribution in [2.24, 2.45) is 24.4 Å². The zero-order valence-electron chi connectivity index (χ0n) is 30.5. The molecule has 2 atom stereocenters. The van der Waals surface area contributed by atoms with Crippen LogP contribution in [0.4, 0.5) is 49.1 Å². The summed E-state index contributed by atoms with van der Waals surface area (Å²) in [5.74, 6) is 0. The molecule has 2 aliphatic rings. The molecule has 300 valence electrons. The van der Waals surface area contributed by atoms with E-state index in [2.05, 4.69) is 62.8 Å². The fourth-order valence-electron chi connectivity index (χ4n) is 6.19. The van der Waals surface area contributed by atoms with Crippen LogP contribution in [-0.4, -0.2) is 28.3 Å². The zero-order chi connectivity index (χ0) is 41.2. The number of hydrogen-bond acceptors (Lipinski definition) is 8. The second-order valence-electron chi connectivity index (χ2n) is 13.4. The SMILES string of the molecule is Cn1cnc(-c2ccc([C@@H]3CC(Br)=NO3)cc2Nc2cccc(C(F)(F)F)c2)c1.Cn1cnc(-c2ccc([C@H]3CC(Br)=NO3)cc2Nc2cccc(C(F)(F)F)c2)c1. The summed E-state index contributed by atoms with van der Waals surface area (Å²) < 4.78 is 83.5. The van der Waals surface area contributed by atoms with Crippen molar-refractivity contribution in [2.75, 3.05) is 10.6 Å². The van der Waals surface area contributed by atoms with Crippen molar-refractivity contribution in [1.82, 2.24) is 19.1 Å². The molecule has 0 radical (unpaired) electrons. The molecule has 2 aliphatic heterocycles. The second-order valence-corrected chi connectivity index (χ2v) is 15.2. The van der Waals surface area contributed by atoms with E-state index in [1.807, 2.05) is 72.0 Å². The first-order valence-corrected chi connectivity index (χ1v) is 19.1. The molecular formula is C40H32Br2F6N8O2. The number of nitrogens with zero attached hydrogens (tertiary/aromatic N) is 6. The number of nitrogens with one attached hydrogen (secondary N) is 2. The van der Waals surface area contributed by atoms with E-state index >= 15 is 0 Å². The van der Waals surface area contributed by atoms with E-state index in [4.69, 9.17) is 9.68 Å². The Bertz CT molecular complexity index is 2330. The van der Waals surface area contributed by atoms with Crippen LogP contribution < -0.4 is 10.6 Å². The van der Waals surface area contributed by atoms with Crippen LogP contribution in [0.25, 0.3) is 22.5 Å². The number of aromatic nitrogens is 4. The Morgan fingerprint density at radius 3 is 1.34 bits per heavy atom. The number of alkyl halides is 6. The molecule has 58 heavy (non-hydrogen) atoms. The summed E-state index contributed by atoms with van der Waals surface area (Å²) in [6.45, 7) is 0. The Kier molecular flexibility index (Phi) is 11.7. The Hall–Kier alpha value is -5.62. The van der Waals surface area contributed by atoms with Gasteiger partial charge in [-0.2, -0.15) is 26.3 Å². The lowest BCUT2D eigenvalue weighted by Crippen LogP contribution is -2.05. The van der Waals surface area contributed by atoms with Crippen LogP contribution in [0.5, 0.6) is 0 Å².